The van der Waals surface area contributed by atoms with Crippen molar-refractivity contribution < 1.29 is 0 Å². The van der Waals surface area contributed by atoms with Gasteiger partial charge in [0.1, 0.15) is 0 Å². The normalized spacial score (nSPS) is 11.6. The van der Waals surface area contributed by atoms with Crippen LogP contribution in [0.4, 0.5) is 0 Å². The second-order valence-corrected chi connectivity index (χ2v) is 15.0. The van der Waals surface area contributed by atoms with Gasteiger partial charge >= 0.3 is 0 Å². The van der Waals surface area contributed by atoms with Crippen LogP contribution in [0.5, 0.6) is 0 Å². The van der Waals surface area contributed by atoms with E-state index in [9.17, 15) is 0 Å². The van der Waals surface area contributed by atoms with E-state index in [0.29, 0.717) is 17.5 Å². The van der Waals surface area contributed by atoms with Crippen LogP contribution in [0, 0.1) is 0 Å². The van der Waals surface area contributed by atoms with Crippen LogP contribution in [-0.4, -0.2) is 24.5 Å². The van der Waals surface area contributed by atoms with Crippen molar-refractivity contribution >= 4 is 53.3 Å². The van der Waals surface area contributed by atoms with Crippen LogP contribution >= 0.6 is 11.3 Å². The number of benzene rings is 7. The smallest absolute Gasteiger partial charge is 0.165 e. The van der Waals surface area contributed by atoms with Gasteiger partial charge in [-0.3, -0.25) is 4.98 Å². The molecule has 11 rings (SSSR count). The van der Waals surface area contributed by atoms with E-state index in [4.69, 9.17) is 15.0 Å². The Bertz CT molecular complexity index is 3240. The molecule has 11 aromatic rings. The molecular weight excluding hydrogens is 703 g/mol. The molecule has 4 heterocycles. The van der Waals surface area contributed by atoms with Crippen LogP contribution in [0.3, 0.4) is 0 Å². The fourth-order valence-electron chi connectivity index (χ4n) is 7.88. The topological polar surface area (TPSA) is 56.5 Å². The van der Waals surface area contributed by atoms with E-state index in [-0.39, 0.29) is 0 Å². The number of aromatic nitrogens is 5. The fourth-order valence-corrected chi connectivity index (χ4v) is 9.04. The number of hydrogen-bond acceptors (Lipinski definition) is 5. The Morgan fingerprint density at radius 3 is 1.77 bits per heavy atom. The van der Waals surface area contributed by atoms with Crippen LogP contribution in [0.25, 0.3) is 104 Å². The Kier molecular flexibility index (Phi) is 7.60. The van der Waals surface area contributed by atoms with Gasteiger partial charge in [-0.2, -0.15) is 0 Å². The lowest BCUT2D eigenvalue weighted by Crippen LogP contribution is -2.01. The Balaban J connectivity index is 1.18. The van der Waals surface area contributed by atoms with Crippen LogP contribution in [0.15, 0.2) is 188 Å². The Morgan fingerprint density at radius 1 is 0.393 bits per heavy atom. The summed E-state index contributed by atoms with van der Waals surface area (Å²) in [7, 11) is 0. The summed E-state index contributed by atoms with van der Waals surface area (Å²) in [5, 5.41) is 4.70. The average molecular weight is 734 g/mol. The number of para-hydroxylation sites is 1. The van der Waals surface area contributed by atoms with E-state index in [2.05, 4.69) is 161 Å². The van der Waals surface area contributed by atoms with E-state index >= 15 is 0 Å². The maximum Gasteiger partial charge on any atom is 0.165 e. The second-order valence-electron chi connectivity index (χ2n) is 13.9. The van der Waals surface area contributed by atoms with E-state index < -0.39 is 0 Å². The first-order chi connectivity index (χ1) is 27.7. The molecule has 0 N–H and O–H groups in total. The quantitative estimate of drug-likeness (QED) is 0.171. The van der Waals surface area contributed by atoms with Crippen LogP contribution < -0.4 is 0 Å². The highest BCUT2D eigenvalue weighted by Gasteiger charge is 2.21. The molecule has 0 aliphatic heterocycles. The van der Waals surface area contributed by atoms with Crippen LogP contribution in [0.1, 0.15) is 0 Å². The molecule has 4 aromatic heterocycles. The van der Waals surface area contributed by atoms with Gasteiger partial charge in [-0.25, -0.2) is 15.0 Å². The molecule has 0 fully saturated rings. The van der Waals surface area contributed by atoms with Gasteiger partial charge in [0, 0.05) is 61.0 Å². The molecule has 262 valence electrons. The summed E-state index contributed by atoms with van der Waals surface area (Å²) in [5.74, 6) is 1.87. The predicted octanol–water partition coefficient (Wildman–Crippen LogP) is 13.1. The highest BCUT2D eigenvalue weighted by Crippen LogP contribution is 2.43. The van der Waals surface area contributed by atoms with Crippen molar-refractivity contribution in [1.82, 2.24) is 24.5 Å². The van der Waals surface area contributed by atoms with Gasteiger partial charge in [-0.1, -0.05) is 133 Å². The largest absolute Gasteiger partial charge is 0.309 e. The third-order valence-electron chi connectivity index (χ3n) is 10.5. The molecule has 6 heteroatoms. The van der Waals surface area contributed by atoms with Gasteiger partial charge < -0.3 is 4.57 Å². The number of pyridine rings is 1. The molecule has 0 aliphatic carbocycles. The molecule has 0 saturated carbocycles. The molecule has 0 aliphatic rings. The zero-order valence-electron chi connectivity index (χ0n) is 30.0. The highest BCUT2D eigenvalue weighted by molar-refractivity contribution is 7.26. The third kappa shape index (κ3) is 5.46. The van der Waals surface area contributed by atoms with E-state index in [1.807, 2.05) is 36.7 Å². The van der Waals surface area contributed by atoms with Gasteiger partial charge in [-0.05, 0) is 64.7 Å². The molecule has 0 radical (unpaired) electrons. The molecule has 0 amide bonds. The summed E-state index contributed by atoms with van der Waals surface area (Å²) in [6.45, 7) is 0. The first-order valence-electron chi connectivity index (χ1n) is 18.6. The number of rotatable bonds is 6. The van der Waals surface area contributed by atoms with Gasteiger partial charge in [-0.15, -0.1) is 11.3 Å². The number of fused-ring (bicyclic) bond motifs is 6. The number of nitrogens with zero attached hydrogens (tertiary/aromatic N) is 5. The van der Waals surface area contributed by atoms with Crippen molar-refractivity contribution in [3.8, 4) is 62.1 Å². The Hall–Kier alpha value is -7.28. The minimum Gasteiger partial charge on any atom is -0.309 e. The van der Waals surface area contributed by atoms with Gasteiger partial charge in [0.25, 0.3) is 0 Å². The number of thiophene rings is 1. The van der Waals surface area contributed by atoms with Crippen molar-refractivity contribution in [2.45, 2.75) is 0 Å². The third-order valence-corrected chi connectivity index (χ3v) is 11.7. The van der Waals surface area contributed by atoms with E-state index in [0.717, 1.165) is 64.7 Å². The molecule has 0 saturated heterocycles. The second kappa shape index (κ2) is 13.2. The summed E-state index contributed by atoms with van der Waals surface area (Å²) < 4.78 is 4.61. The zero-order chi connectivity index (χ0) is 37.0. The molecule has 5 nitrogen and oxygen atoms in total. The molecule has 0 bridgehead atoms. The monoisotopic (exact) mass is 733 g/mol. The summed E-state index contributed by atoms with van der Waals surface area (Å²) in [5.41, 5.74) is 10.8. The minimum atomic E-state index is 0.623. The first-order valence-corrected chi connectivity index (χ1v) is 19.4. The lowest BCUT2D eigenvalue weighted by molar-refractivity contribution is 1.07. The van der Waals surface area contributed by atoms with Crippen LogP contribution in [-0.2, 0) is 0 Å². The van der Waals surface area contributed by atoms with Crippen molar-refractivity contribution in [2.24, 2.45) is 0 Å². The molecule has 7 aromatic carbocycles. The van der Waals surface area contributed by atoms with Gasteiger partial charge in [0.2, 0.25) is 0 Å². The van der Waals surface area contributed by atoms with Crippen molar-refractivity contribution in [3.05, 3.63) is 188 Å². The minimum absolute atomic E-state index is 0.623. The molecule has 0 atom stereocenters. The van der Waals surface area contributed by atoms with E-state index in [1.165, 1.54) is 21.9 Å². The summed E-state index contributed by atoms with van der Waals surface area (Å²) >= 11 is 1.73. The average Bonchev–Trinajstić information content (AvgIpc) is 3.82. The van der Waals surface area contributed by atoms with Crippen molar-refractivity contribution in [2.75, 3.05) is 0 Å². The predicted molar refractivity (Wildman–Crippen MR) is 232 cm³/mol. The highest BCUT2D eigenvalue weighted by atomic mass is 32.1. The fraction of sp³-hybridized carbons (Fsp3) is 0. The van der Waals surface area contributed by atoms with Crippen molar-refractivity contribution in [1.29, 1.82) is 0 Å². The Labute approximate surface area is 326 Å². The van der Waals surface area contributed by atoms with E-state index in [1.54, 1.807) is 11.3 Å². The lowest BCUT2D eigenvalue weighted by atomic mass is 10.0. The lowest BCUT2D eigenvalue weighted by Gasteiger charge is -2.13. The maximum atomic E-state index is 5.31. The zero-order valence-corrected chi connectivity index (χ0v) is 30.9. The van der Waals surface area contributed by atoms with Gasteiger partial charge in [0.15, 0.2) is 17.5 Å². The van der Waals surface area contributed by atoms with Gasteiger partial charge in [0.05, 0.1) is 15.7 Å². The molecular formula is C50H31N5S. The summed E-state index contributed by atoms with van der Waals surface area (Å²) in [4.78, 5) is 20.2. The first kappa shape index (κ1) is 32.2. The molecule has 0 unspecified atom stereocenters. The van der Waals surface area contributed by atoms with Crippen LogP contribution in [0.2, 0.25) is 0 Å². The standard InChI is InChI=1S/C50H31N5S/c1-4-13-32(14-5-1)35-19-12-20-37(27-35)49-52-48(34-17-8-3-9-18-34)53-50(54-49)43-30-38(29-42-40-25-26-51-31-46(40)56-47(42)43)55-44-22-11-10-21-39(44)41-28-36(23-24-45(41)55)33-15-6-2-7-16-33/h1-31H. The van der Waals surface area contributed by atoms with Crippen molar-refractivity contribution in [3.63, 3.8) is 0 Å². The Morgan fingerprint density at radius 2 is 1.00 bits per heavy atom. The summed E-state index contributed by atoms with van der Waals surface area (Å²) in [6, 6.07) is 61.8. The summed E-state index contributed by atoms with van der Waals surface area (Å²) in [6.07, 6.45) is 3.83. The number of hydrogen-bond donors (Lipinski definition) is 0. The molecule has 56 heavy (non-hydrogen) atoms. The SMILES string of the molecule is c1ccc(-c2cccc(-c3nc(-c4ccccc4)nc(-c4cc(-n5c6ccccc6c6cc(-c7ccccc7)ccc65)cc5c4sc4cnccc45)n3)c2)cc1. The maximum absolute atomic E-state index is 5.31. The molecule has 0 spiro atoms.